The van der Waals surface area contributed by atoms with E-state index in [0.29, 0.717) is 46.2 Å². The van der Waals surface area contributed by atoms with Crippen molar-refractivity contribution in [3.8, 4) is 28.4 Å². The lowest BCUT2D eigenvalue weighted by Crippen LogP contribution is -2.39. The largest absolute Gasteiger partial charge is 0.454 e. The summed E-state index contributed by atoms with van der Waals surface area (Å²) in [4.78, 5) is 33.1. The van der Waals surface area contributed by atoms with Crippen LogP contribution in [0.4, 0.5) is 5.95 Å². The number of hydrogen-bond donors (Lipinski definition) is 1. The molecule has 39 heavy (non-hydrogen) atoms. The molecule has 0 atom stereocenters. The lowest BCUT2D eigenvalue weighted by atomic mass is 10.1. The van der Waals surface area contributed by atoms with E-state index in [-0.39, 0.29) is 25.2 Å². The highest BCUT2D eigenvalue weighted by atomic mass is 35.5. The maximum atomic E-state index is 13.5. The molecule has 6 rings (SSSR count). The number of hydrogen-bond acceptors (Lipinski definition) is 5. The zero-order valence-corrected chi connectivity index (χ0v) is 22.1. The molecule has 198 valence electrons. The van der Waals surface area contributed by atoms with Gasteiger partial charge in [-0.2, -0.15) is 0 Å². The zero-order chi connectivity index (χ0) is 26.9. The predicted molar refractivity (Wildman–Crippen MR) is 149 cm³/mol. The molecule has 1 N–H and O–H groups in total. The van der Waals surface area contributed by atoms with Crippen molar-refractivity contribution in [2.75, 3.05) is 25.2 Å². The first-order valence-electron chi connectivity index (χ1n) is 12.8. The SMILES string of the molecule is Cc1ccc(-n2cc(-c3ccc(Cl)cc3)nc2NC(=O)CN(CC2CC2)C(=O)c2ccc3c(c2)OCO3)cc1. The number of nitrogens with one attached hydrogen (secondary N) is 1. The molecule has 2 heterocycles. The van der Waals surface area contributed by atoms with Gasteiger partial charge in [-0.05, 0) is 68.1 Å². The van der Waals surface area contributed by atoms with Gasteiger partial charge in [-0.3, -0.25) is 19.5 Å². The summed E-state index contributed by atoms with van der Waals surface area (Å²) < 4.78 is 12.6. The molecule has 4 aromatic rings. The van der Waals surface area contributed by atoms with Gasteiger partial charge in [-0.25, -0.2) is 4.98 Å². The number of halogens is 1. The van der Waals surface area contributed by atoms with Gasteiger partial charge in [0.05, 0.1) is 5.69 Å². The molecule has 1 aliphatic heterocycles. The van der Waals surface area contributed by atoms with Crippen molar-refractivity contribution >= 4 is 29.4 Å². The molecule has 2 aliphatic rings. The Morgan fingerprint density at radius 2 is 1.77 bits per heavy atom. The van der Waals surface area contributed by atoms with Gasteiger partial charge in [0, 0.05) is 34.6 Å². The number of imidazole rings is 1. The van der Waals surface area contributed by atoms with Gasteiger partial charge in [0.2, 0.25) is 18.6 Å². The van der Waals surface area contributed by atoms with E-state index in [2.05, 4.69) is 5.32 Å². The summed E-state index contributed by atoms with van der Waals surface area (Å²) in [6.07, 6.45) is 3.98. The zero-order valence-electron chi connectivity index (χ0n) is 21.4. The molecular weight excluding hydrogens is 516 g/mol. The van der Waals surface area contributed by atoms with Crippen molar-refractivity contribution in [2.24, 2.45) is 5.92 Å². The van der Waals surface area contributed by atoms with Crippen molar-refractivity contribution in [2.45, 2.75) is 19.8 Å². The quantitative estimate of drug-likeness (QED) is 0.308. The molecular formula is C30H27ClN4O4. The Bertz CT molecular complexity index is 1530. The molecule has 0 spiro atoms. The van der Waals surface area contributed by atoms with Crippen molar-refractivity contribution in [1.82, 2.24) is 14.5 Å². The summed E-state index contributed by atoms with van der Waals surface area (Å²) in [6.45, 7) is 2.57. The molecule has 0 unspecified atom stereocenters. The maximum absolute atomic E-state index is 13.5. The minimum atomic E-state index is -0.327. The number of fused-ring (bicyclic) bond motifs is 1. The molecule has 3 aromatic carbocycles. The number of rotatable bonds is 8. The first-order valence-corrected chi connectivity index (χ1v) is 13.2. The van der Waals surface area contributed by atoms with Gasteiger partial charge in [-0.1, -0.05) is 41.4 Å². The summed E-state index contributed by atoms with van der Waals surface area (Å²) in [5, 5.41) is 3.58. The van der Waals surface area contributed by atoms with Gasteiger partial charge >= 0.3 is 0 Å². The highest BCUT2D eigenvalue weighted by Gasteiger charge is 2.30. The number of carbonyl (C=O) groups excluding carboxylic acids is 2. The number of ether oxygens (including phenoxy) is 2. The second-order valence-corrected chi connectivity index (χ2v) is 10.3. The number of benzene rings is 3. The standard InChI is InChI=1S/C30H27ClN4O4/c1-19-2-11-24(12-3-19)35-16-25(21-6-9-23(31)10-7-21)32-30(35)33-28(36)17-34(15-20-4-5-20)29(37)22-8-13-26-27(14-22)39-18-38-26/h2-3,6-14,16,20H,4-5,15,17-18H2,1H3,(H,32,33,36). The summed E-state index contributed by atoms with van der Waals surface area (Å²) in [5.74, 6) is 1.37. The fraction of sp³-hybridized carbons (Fsp3) is 0.233. The maximum Gasteiger partial charge on any atom is 0.254 e. The highest BCUT2D eigenvalue weighted by Crippen LogP contribution is 2.34. The molecule has 1 saturated carbocycles. The highest BCUT2D eigenvalue weighted by molar-refractivity contribution is 6.30. The number of aryl methyl sites for hydroxylation is 1. The number of aromatic nitrogens is 2. The minimum absolute atomic E-state index is 0.0964. The van der Waals surface area contributed by atoms with Gasteiger partial charge in [-0.15, -0.1) is 0 Å². The van der Waals surface area contributed by atoms with Crippen LogP contribution in [0, 0.1) is 12.8 Å². The molecule has 0 radical (unpaired) electrons. The van der Waals surface area contributed by atoms with E-state index in [9.17, 15) is 9.59 Å². The summed E-state index contributed by atoms with van der Waals surface area (Å²) in [7, 11) is 0. The first-order chi connectivity index (χ1) is 18.9. The van der Waals surface area contributed by atoms with E-state index in [0.717, 1.165) is 29.7 Å². The number of carbonyl (C=O) groups is 2. The Morgan fingerprint density at radius 1 is 1.03 bits per heavy atom. The molecule has 8 nitrogen and oxygen atoms in total. The molecule has 1 aromatic heterocycles. The van der Waals surface area contributed by atoms with Gasteiger partial charge < -0.3 is 14.4 Å². The third-order valence-corrected chi connectivity index (χ3v) is 7.08. The fourth-order valence-electron chi connectivity index (χ4n) is 4.51. The molecule has 1 fully saturated rings. The number of nitrogens with zero attached hydrogens (tertiary/aromatic N) is 3. The Balaban J connectivity index is 1.25. The van der Waals surface area contributed by atoms with Crippen LogP contribution in [0.2, 0.25) is 5.02 Å². The Labute approximate surface area is 231 Å². The molecule has 1 aliphatic carbocycles. The number of anilines is 1. The van der Waals surface area contributed by atoms with E-state index in [1.54, 1.807) is 35.2 Å². The van der Waals surface area contributed by atoms with Crippen LogP contribution in [0.15, 0.2) is 72.9 Å². The second kappa shape index (κ2) is 10.5. The van der Waals surface area contributed by atoms with E-state index in [4.69, 9.17) is 26.1 Å². The van der Waals surface area contributed by atoms with Crippen molar-refractivity contribution < 1.29 is 19.1 Å². The topological polar surface area (TPSA) is 85.7 Å². The van der Waals surface area contributed by atoms with Crippen LogP contribution < -0.4 is 14.8 Å². The van der Waals surface area contributed by atoms with Gasteiger partial charge in [0.15, 0.2) is 11.5 Å². The van der Waals surface area contributed by atoms with Crippen molar-refractivity contribution in [1.29, 1.82) is 0 Å². The van der Waals surface area contributed by atoms with E-state index in [1.165, 1.54) is 0 Å². The summed E-state index contributed by atoms with van der Waals surface area (Å²) in [6, 6.07) is 20.4. The number of amides is 2. The molecule has 9 heteroatoms. The van der Waals surface area contributed by atoms with Crippen molar-refractivity contribution in [3.63, 3.8) is 0 Å². The first kappa shape index (κ1) is 25.0. The molecule has 2 amide bonds. The predicted octanol–water partition coefficient (Wildman–Crippen LogP) is 5.72. The van der Waals surface area contributed by atoms with Crippen LogP contribution in [0.25, 0.3) is 16.9 Å². The second-order valence-electron chi connectivity index (χ2n) is 9.91. The molecule has 0 saturated heterocycles. The fourth-order valence-corrected chi connectivity index (χ4v) is 4.64. The third-order valence-electron chi connectivity index (χ3n) is 6.83. The smallest absolute Gasteiger partial charge is 0.254 e. The lowest BCUT2D eigenvalue weighted by molar-refractivity contribution is -0.117. The van der Waals surface area contributed by atoms with Gasteiger partial charge in [0.1, 0.15) is 6.54 Å². The minimum Gasteiger partial charge on any atom is -0.454 e. The Kier molecular flexibility index (Phi) is 6.70. The van der Waals surface area contributed by atoms with Crippen LogP contribution in [-0.4, -0.2) is 46.1 Å². The van der Waals surface area contributed by atoms with E-state index < -0.39 is 0 Å². The Hall–Kier alpha value is -4.30. The van der Waals surface area contributed by atoms with Crippen LogP contribution in [-0.2, 0) is 4.79 Å². The van der Waals surface area contributed by atoms with Crippen molar-refractivity contribution in [3.05, 3.63) is 89.1 Å². The Morgan fingerprint density at radius 3 is 2.51 bits per heavy atom. The van der Waals surface area contributed by atoms with Crippen LogP contribution in [0.5, 0.6) is 11.5 Å². The van der Waals surface area contributed by atoms with Crippen LogP contribution >= 0.6 is 11.6 Å². The summed E-state index contributed by atoms with van der Waals surface area (Å²) >= 11 is 6.07. The van der Waals surface area contributed by atoms with E-state index in [1.807, 2.05) is 54.1 Å². The van der Waals surface area contributed by atoms with Crippen LogP contribution in [0.1, 0.15) is 28.8 Å². The molecule has 0 bridgehead atoms. The third kappa shape index (κ3) is 5.61. The normalized spacial score (nSPS) is 13.8. The average molecular weight is 543 g/mol. The van der Waals surface area contributed by atoms with Gasteiger partial charge in [0.25, 0.3) is 5.91 Å². The summed E-state index contributed by atoms with van der Waals surface area (Å²) in [5.41, 5.74) is 4.00. The lowest BCUT2D eigenvalue weighted by Gasteiger charge is -2.22. The van der Waals surface area contributed by atoms with Crippen LogP contribution in [0.3, 0.4) is 0 Å². The monoisotopic (exact) mass is 542 g/mol. The van der Waals surface area contributed by atoms with E-state index >= 15 is 0 Å². The average Bonchev–Trinajstić information content (AvgIpc) is 3.46.